The average Bonchev–Trinajstić information content (AvgIpc) is 3.25. The molecule has 0 saturated carbocycles. The number of amides is 1. The van der Waals surface area contributed by atoms with Crippen LogP contribution in [-0.4, -0.2) is 76.4 Å². The standard InChI is InChI=1S/C29H40FN3O3/c1-4-29(30,5-2)20-32-14-12-22(13-15-32)19-36-27-11-10-25(17-31-27)23-6-8-24(9-7-23)28(35)33-18-26(34)16-21(33)3/h6-11,17,21-22,26,34H,4-5,12-16,18-20H2,1-3H3. The van der Waals surface area contributed by atoms with E-state index in [9.17, 15) is 14.3 Å². The van der Waals surface area contributed by atoms with Crippen molar-refractivity contribution >= 4 is 5.91 Å². The number of benzene rings is 1. The van der Waals surface area contributed by atoms with Crippen LogP contribution in [0.15, 0.2) is 42.6 Å². The highest BCUT2D eigenvalue weighted by molar-refractivity contribution is 5.95. The summed E-state index contributed by atoms with van der Waals surface area (Å²) in [4.78, 5) is 21.2. The van der Waals surface area contributed by atoms with E-state index in [0.717, 1.165) is 37.1 Å². The van der Waals surface area contributed by atoms with Gasteiger partial charge in [0.05, 0.1) is 12.7 Å². The Labute approximate surface area is 214 Å². The van der Waals surface area contributed by atoms with Gasteiger partial charge in [-0.2, -0.15) is 0 Å². The molecule has 7 heteroatoms. The zero-order chi connectivity index (χ0) is 25.7. The Kier molecular flexibility index (Phi) is 8.62. The number of aliphatic hydroxyl groups is 1. The van der Waals surface area contributed by atoms with Gasteiger partial charge in [0.25, 0.3) is 5.91 Å². The Morgan fingerprint density at radius 1 is 1.11 bits per heavy atom. The van der Waals surface area contributed by atoms with Crippen molar-refractivity contribution in [2.75, 3.05) is 32.8 Å². The number of ether oxygens (including phenoxy) is 1. The summed E-state index contributed by atoms with van der Waals surface area (Å²) >= 11 is 0. The van der Waals surface area contributed by atoms with Crippen LogP contribution < -0.4 is 4.74 Å². The maximum Gasteiger partial charge on any atom is 0.254 e. The van der Waals surface area contributed by atoms with Crippen LogP contribution in [0, 0.1) is 5.92 Å². The molecule has 2 unspecified atom stereocenters. The van der Waals surface area contributed by atoms with Crippen molar-refractivity contribution < 1.29 is 19.0 Å². The summed E-state index contributed by atoms with van der Waals surface area (Å²) in [5.74, 6) is 1.02. The quantitative estimate of drug-likeness (QED) is 0.530. The lowest BCUT2D eigenvalue weighted by molar-refractivity contribution is 0.0565. The molecule has 1 N–H and O–H groups in total. The van der Waals surface area contributed by atoms with E-state index in [4.69, 9.17) is 4.74 Å². The molecule has 6 nitrogen and oxygen atoms in total. The highest BCUT2D eigenvalue weighted by atomic mass is 19.1. The molecule has 196 valence electrons. The van der Waals surface area contributed by atoms with Gasteiger partial charge >= 0.3 is 0 Å². The van der Waals surface area contributed by atoms with E-state index in [0.29, 0.717) is 56.3 Å². The molecule has 0 radical (unpaired) electrons. The van der Waals surface area contributed by atoms with Crippen LogP contribution in [0.5, 0.6) is 5.88 Å². The first-order chi connectivity index (χ1) is 17.3. The fourth-order valence-corrected chi connectivity index (χ4v) is 5.28. The van der Waals surface area contributed by atoms with Gasteiger partial charge in [-0.3, -0.25) is 4.79 Å². The molecule has 0 spiro atoms. The Morgan fingerprint density at radius 2 is 1.78 bits per heavy atom. The summed E-state index contributed by atoms with van der Waals surface area (Å²) in [6.45, 7) is 9.22. The number of piperidine rings is 1. The zero-order valence-corrected chi connectivity index (χ0v) is 21.8. The average molecular weight is 498 g/mol. The van der Waals surface area contributed by atoms with Crippen molar-refractivity contribution in [1.29, 1.82) is 0 Å². The summed E-state index contributed by atoms with van der Waals surface area (Å²) in [6, 6.07) is 11.4. The first-order valence-electron chi connectivity index (χ1n) is 13.4. The predicted molar refractivity (Wildman–Crippen MR) is 140 cm³/mol. The van der Waals surface area contributed by atoms with Crippen molar-refractivity contribution in [2.24, 2.45) is 5.92 Å². The number of pyridine rings is 1. The zero-order valence-electron chi connectivity index (χ0n) is 21.8. The van der Waals surface area contributed by atoms with Crippen molar-refractivity contribution in [1.82, 2.24) is 14.8 Å². The number of carbonyl (C=O) groups excluding carboxylic acids is 1. The highest BCUT2D eigenvalue weighted by Crippen LogP contribution is 2.27. The van der Waals surface area contributed by atoms with E-state index >= 15 is 0 Å². The van der Waals surface area contributed by atoms with Gasteiger partial charge in [0.2, 0.25) is 5.88 Å². The van der Waals surface area contributed by atoms with Crippen molar-refractivity contribution in [3.05, 3.63) is 48.2 Å². The molecule has 1 aromatic heterocycles. The first kappa shape index (κ1) is 26.6. The molecule has 2 aliphatic heterocycles. The number of hydrogen-bond donors (Lipinski definition) is 1. The topological polar surface area (TPSA) is 65.9 Å². The lowest BCUT2D eigenvalue weighted by Crippen LogP contribution is -2.44. The molecule has 0 aliphatic carbocycles. The summed E-state index contributed by atoms with van der Waals surface area (Å²) in [6.07, 6.45) is 5.15. The van der Waals surface area contributed by atoms with Crippen molar-refractivity contribution in [3.8, 4) is 17.0 Å². The Bertz CT molecular complexity index is 986. The van der Waals surface area contributed by atoms with E-state index in [1.807, 2.05) is 57.2 Å². The fraction of sp³-hybridized carbons (Fsp3) is 0.586. The Morgan fingerprint density at radius 3 is 2.33 bits per heavy atom. The van der Waals surface area contributed by atoms with Gasteiger partial charge in [-0.1, -0.05) is 26.0 Å². The molecule has 4 rings (SSSR count). The number of aromatic nitrogens is 1. The van der Waals surface area contributed by atoms with Gasteiger partial charge in [-0.05, 0) is 81.8 Å². The molecule has 2 aliphatic rings. The third-order valence-electron chi connectivity index (χ3n) is 7.96. The SMILES string of the molecule is CCC(F)(CC)CN1CCC(COc2ccc(-c3ccc(C(=O)N4CC(O)CC4C)cc3)cn2)CC1. The predicted octanol–water partition coefficient (Wildman–Crippen LogP) is 4.96. The molecule has 1 amide bonds. The minimum atomic E-state index is -1.07. The van der Waals surface area contributed by atoms with E-state index in [1.165, 1.54) is 0 Å². The molecule has 2 aromatic rings. The van der Waals surface area contributed by atoms with E-state index in [1.54, 1.807) is 11.1 Å². The summed E-state index contributed by atoms with van der Waals surface area (Å²) in [5.41, 5.74) is 1.50. The number of likely N-dealkylation sites (tertiary alicyclic amines) is 2. The minimum absolute atomic E-state index is 0.0435. The minimum Gasteiger partial charge on any atom is -0.477 e. The highest BCUT2D eigenvalue weighted by Gasteiger charge is 2.32. The largest absolute Gasteiger partial charge is 0.477 e. The van der Waals surface area contributed by atoms with E-state index in [2.05, 4.69) is 9.88 Å². The van der Waals surface area contributed by atoms with Crippen LogP contribution in [0.25, 0.3) is 11.1 Å². The number of rotatable bonds is 9. The molecule has 2 fully saturated rings. The second-order valence-corrected chi connectivity index (χ2v) is 10.5. The second kappa shape index (κ2) is 11.7. The molecule has 2 atom stereocenters. The fourth-order valence-electron chi connectivity index (χ4n) is 5.28. The van der Waals surface area contributed by atoms with Crippen molar-refractivity contribution in [2.45, 2.75) is 70.7 Å². The lowest BCUT2D eigenvalue weighted by atomic mass is 9.94. The monoisotopic (exact) mass is 497 g/mol. The van der Waals surface area contributed by atoms with Crippen LogP contribution in [-0.2, 0) is 0 Å². The molecule has 2 saturated heterocycles. The number of aliphatic hydroxyl groups excluding tert-OH is 1. The van der Waals surface area contributed by atoms with Crippen LogP contribution in [0.4, 0.5) is 4.39 Å². The van der Waals surface area contributed by atoms with Crippen molar-refractivity contribution in [3.63, 3.8) is 0 Å². The number of β-amino-alcohol motifs (C(OH)–C–C–N with tert-alkyl or cyclic N) is 1. The first-order valence-corrected chi connectivity index (χ1v) is 13.4. The van der Waals surface area contributed by atoms with Gasteiger partial charge in [0, 0.05) is 42.5 Å². The Balaban J connectivity index is 1.25. The number of alkyl halides is 1. The molecule has 3 heterocycles. The second-order valence-electron chi connectivity index (χ2n) is 10.5. The van der Waals surface area contributed by atoms with Gasteiger partial charge in [0.15, 0.2) is 0 Å². The summed E-state index contributed by atoms with van der Waals surface area (Å²) < 4.78 is 20.7. The molecule has 36 heavy (non-hydrogen) atoms. The van der Waals surface area contributed by atoms with Crippen LogP contribution in [0.1, 0.15) is 63.2 Å². The number of hydrogen-bond acceptors (Lipinski definition) is 5. The van der Waals surface area contributed by atoms with Gasteiger partial charge in [-0.25, -0.2) is 9.37 Å². The molecular formula is C29H40FN3O3. The van der Waals surface area contributed by atoms with Crippen LogP contribution in [0.3, 0.4) is 0 Å². The number of carbonyl (C=O) groups is 1. The Hall–Kier alpha value is -2.51. The van der Waals surface area contributed by atoms with E-state index < -0.39 is 11.8 Å². The summed E-state index contributed by atoms with van der Waals surface area (Å²) in [5, 5.41) is 9.83. The number of halogens is 1. The maximum absolute atomic E-state index is 14.7. The third kappa shape index (κ3) is 6.43. The van der Waals surface area contributed by atoms with Crippen LogP contribution in [0.2, 0.25) is 0 Å². The maximum atomic E-state index is 14.7. The van der Waals surface area contributed by atoms with Gasteiger partial charge in [0.1, 0.15) is 5.67 Å². The van der Waals surface area contributed by atoms with E-state index in [-0.39, 0.29) is 11.9 Å². The normalized spacial score (nSPS) is 21.6. The summed E-state index contributed by atoms with van der Waals surface area (Å²) in [7, 11) is 0. The number of nitrogens with zero attached hydrogens (tertiary/aromatic N) is 3. The molecular weight excluding hydrogens is 457 g/mol. The van der Waals surface area contributed by atoms with Gasteiger partial charge < -0.3 is 19.6 Å². The third-order valence-corrected chi connectivity index (χ3v) is 7.96. The van der Waals surface area contributed by atoms with Gasteiger partial charge in [-0.15, -0.1) is 0 Å². The molecule has 0 bridgehead atoms. The lowest BCUT2D eigenvalue weighted by Gasteiger charge is -2.36. The smallest absolute Gasteiger partial charge is 0.254 e. The molecule has 1 aromatic carbocycles. The van der Waals surface area contributed by atoms with Crippen LogP contribution >= 0.6 is 0 Å².